The average molecular weight is 249 g/mol. The number of carboxylic acids is 1. The van der Waals surface area contributed by atoms with E-state index in [1.54, 1.807) is 12.1 Å². The Morgan fingerprint density at radius 1 is 1.22 bits per heavy atom. The molecule has 0 aliphatic rings. The molecule has 0 fully saturated rings. The third kappa shape index (κ3) is 2.57. The van der Waals surface area contributed by atoms with Crippen molar-refractivity contribution in [2.75, 3.05) is 6.54 Å². The van der Waals surface area contributed by atoms with Crippen LogP contribution in [-0.4, -0.2) is 33.5 Å². The Morgan fingerprint density at radius 2 is 1.94 bits per heavy atom. The zero-order valence-electron chi connectivity index (χ0n) is 9.32. The van der Waals surface area contributed by atoms with Crippen LogP contribution in [-0.2, 0) is 4.79 Å². The number of fused-ring (bicyclic) bond motifs is 1. The van der Waals surface area contributed by atoms with Gasteiger partial charge in [-0.05, 0) is 18.2 Å². The highest BCUT2D eigenvalue weighted by Gasteiger charge is 2.07. The molecular weight excluding hydrogens is 238 g/mol. The number of imidazole rings is 1. The minimum Gasteiger partial charge on any atom is -0.481 e. The fourth-order valence-electron chi connectivity index (χ4n) is 1.56. The van der Waals surface area contributed by atoms with Crippen molar-refractivity contribution in [1.29, 1.82) is 0 Å². The first-order valence-corrected chi connectivity index (χ1v) is 5.28. The molecule has 1 aromatic carbocycles. The van der Waals surface area contributed by atoms with Gasteiger partial charge in [0.25, 0.3) is 5.91 Å². The second kappa shape index (κ2) is 4.74. The highest BCUT2D eigenvalue weighted by molar-refractivity contribution is 5.97. The van der Waals surface area contributed by atoms with Gasteiger partial charge in [0.1, 0.15) is 0 Å². The molecule has 1 heterocycles. The Labute approximate surface area is 101 Å². The fourth-order valence-corrected chi connectivity index (χ4v) is 1.56. The van der Waals surface area contributed by atoms with Gasteiger partial charge in [-0.3, -0.25) is 9.59 Å². The van der Waals surface area contributed by atoms with Gasteiger partial charge in [0.2, 0.25) is 0 Å². The van der Waals surface area contributed by atoms with E-state index in [0.717, 1.165) is 0 Å². The summed E-state index contributed by atoms with van der Waals surface area (Å²) in [6, 6.07) is 4.70. The second-order valence-electron chi connectivity index (χ2n) is 3.74. The van der Waals surface area contributed by atoms with E-state index in [9.17, 15) is 14.4 Å². The Kier molecular flexibility index (Phi) is 3.13. The molecule has 0 spiro atoms. The minimum atomic E-state index is -0.972. The number of nitrogens with one attached hydrogen (secondary N) is 3. The molecule has 0 aliphatic heterocycles. The van der Waals surface area contributed by atoms with Gasteiger partial charge in [0, 0.05) is 12.1 Å². The summed E-state index contributed by atoms with van der Waals surface area (Å²) in [5, 5.41) is 10.9. The van der Waals surface area contributed by atoms with E-state index in [1.165, 1.54) is 6.07 Å². The highest BCUT2D eigenvalue weighted by atomic mass is 16.4. The molecule has 0 saturated heterocycles. The van der Waals surface area contributed by atoms with Crippen LogP contribution in [0, 0.1) is 0 Å². The third-order valence-electron chi connectivity index (χ3n) is 2.40. The van der Waals surface area contributed by atoms with Crippen LogP contribution in [0.5, 0.6) is 0 Å². The zero-order valence-corrected chi connectivity index (χ0v) is 9.32. The maximum absolute atomic E-state index is 11.7. The molecule has 18 heavy (non-hydrogen) atoms. The summed E-state index contributed by atoms with van der Waals surface area (Å²) in [5.74, 6) is -1.35. The van der Waals surface area contributed by atoms with Crippen molar-refractivity contribution in [3.63, 3.8) is 0 Å². The van der Waals surface area contributed by atoms with Crippen molar-refractivity contribution in [3.05, 3.63) is 34.2 Å². The average Bonchev–Trinajstić information content (AvgIpc) is 2.67. The molecule has 4 N–H and O–H groups in total. The molecule has 7 heteroatoms. The van der Waals surface area contributed by atoms with Crippen molar-refractivity contribution in [3.8, 4) is 0 Å². The second-order valence-corrected chi connectivity index (χ2v) is 3.74. The van der Waals surface area contributed by atoms with Crippen molar-refractivity contribution in [1.82, 2.24) is 15.3 Å². The lowest BCUT2D eigenvalue weighted by atomic mass is 10.2. The summed E-state index contributed by atoms with van der Waals surface area (Å²) in [5.41, 5.74) is 1.17. The Hall–Kier alpha value is -2.57. The topological polar surface area (TPSA) is 115 Å². The summed E-state index contributed by atoms with van der Waals surface area (Å²) >= 11 is 0. The van der Waals surface area contributed by atoms with E-state index in [4.69, 9.17) is 5.11 Å². The molecule has 0 radical (unpaired) electrons. The summed E-state index contributed by atoms with van der Waals surface area (Å²) < 4.78 is 0. The molecule has 0 aliphatic carbocycles. The number of carbonyl (C=O) groups excluding carboxylic acids is 1. The van der Waals surface area contributed by atoms with E-state index in [0.29, 0.717) is 16.6 Å². The number of aliphatic carboxylic acids is 1. The Morgan fingerprint density at radius 3 is 2.67 bits per heavy atom. The molecule has 1 aromatic heterocycles. The minimum absolute atomic E-state index is 0.0653. The van der Waals surface area contributed by atoms with Gasteiger partial charge in [0.15, 0.2) is 0 Å². The molecule has 2 aromatic rings. The number of carbonyl (C=O) groups is 2. The maximum Gasteiger partial charge on any atom is 0.323 e. The van der Waals surface area contributed by atoms with Crippen molar-refractivity contribution >= 4 is 22.9 Å². The summed E-state index contributed by atoms with van der Waals surface area (Å²) in [6.45, 7) is 0.0653. The van der Waals surface area contributed by atoms with Gasteiger partial charge in [-0.15, -0.1) is 0 Å². The molecule has 0 atom stereocenters. The summed E-state index contributed by atoms with van der Waals surface area (Å²) in [6.07, 6.45) is -0.130. The van der Waals surface area contributed by atoms with Crippen molar-refractivity contribution in [2.45, 2.75) is 6.42 Å². The third-order valence-corrected chi connectivity index (χ3v) is 2.40. The van der Waals surface area contributed by atoms with Gasteiger partial charge in [-0.2, -0.15) is 0 Å². The van der Waals surface area contributed by atoms with Crippen molar-refractivity contribution < 1.29 is 14.7 Å². The predicted octanol–water partition coefficient (Wildman–Crippen LogP) is 0.0607. The van der Waals surface area contributed by atoms with Crippen molar-refractivity contribution in [2.24, 2.45) is 0 Å². The molecule has 0 saturated carbocycles. The van der Waals surface area contributed by atoms with E-state index in [1.807, 2.05) is 0 Å². The Bertz CT molecular complexity index is 656. The first kappa shape index (κ1) is 11.9. The monoisotopic (exact) mass is 249 g/mol. The normalized spacial score (nSPS) is 10.4. The number of aromatic nitrogens is 2. The molecule has 2 rings (SSSR count). The van der Waals surface area contributed by atoms with Crippen LogP contribution in [0.15, 0.2) is 23.0 Å². The lowest BCUT2D eigenvalue weighted by Crippen LogP contribution is -2.25. The molecule has 1 amide bonds. The summed E-state index contributed by atoms with van der Waals surface area (Å²) in [7, 11) is 0. The quantitative estimate of drug-likeness (QED) is 0.613. The van der Waals surface area contributed by atoms with Gasteiger partial charge < -0.3 is 20.4 Å². The molecule has 0 bridgehead atoms. The van der Waals surface area contributed by atoms with Gasteiger partial charge in [0.05, 0.1) is 17.5 Å². The van der Waals surface area contributed by atoms with E-state index < -0.39 is 5.97 Å². The zero-order chi connectivity index (χ0) is 13.1. The number of hydrogen-bond acceptors (Lipinski definition) is 3. The largest absolute Gasteiger partial charge is 0.481 e. The lowest BCUT2D eigenvalue weighted by Gasteiger charge is -2.03. The SMILES string of the molecule is O=C(O)CCNC(=O)c1ccc2[nH]c(=O)[nH]c2c1. The van der Waals surface area contributed by atoms with Crippen LogP contribution in [0.2, 0.25) is 0 Å². The van der Waals surface area contributed by atoms with E-state index in [2.05, 4.69) is 15.3 Å². The van der Waals surface area contributed by atoms with Crippen LogP contribution < -0.4 is 11.0 Å². The number of hydrogen-bond donors (Lipinski definition) is 4. The van der Waals surface area contributed by atoms with E-state index >= 15 is 0 Å². The van der Waals surface area contributed by atoms with Gasteiger partial charge in [-0.25, -0.2) is 4.79 Å². The standard InChI is InChI=1S/C11H11N3O4/c15-9(16)3-4-12-10(17)6-1-2-7-8(5-6)14-11(18)13-7/h1-2,5H,3-4H2,(H,12,17)(H,15,16)(H2,13,14,18). The molecular formula is C11H11N3O4. The maximum atomic E-state index is 11.7. The number of benzene rings is 1. The highest BCUT2D eigenvalue weighted by Crippen LogP contribution is 2.09. The number of aromatic amines is 2. The number of carboxylic acid groups (broad SMARTS) is 1. The van der Waals surface area contributed by atoms with Gasteiger partial charge >= 0.3 is 11.7 Å². The van der Waals surface area contributed by atoms with Crippen LogP contribution in [0.4, 0.5) is 0 Å². The van der Waals surface area contributed by atoms with E-state index in [-0.39, 0.29) is 24.6 Å². The van der Waals surface area contributed by atoms with Crippen LogP contribution in [0.1, 0.15) is 16.8 Å². The van der Waals surface area contributed by atoms with Crippen LogP contribution in [0.3, 0.4) is 0 Å². The number of H-pyrrole nitrogens is 2. The van der Waals surface area contributed by atoms with Gasteiger partial charge in [-0.1, -0.05) is 0 Å². The van der Waals surface area contributed by atoms with Crippen LogP contribution >= 0.6 is 0 Å². The smallest absolute Gasteiger partial charge is 0.323 e. The first-order chi connectivity index (χ1) is 8.56. The molecule has 94 valence electrons. The lowest BCUT2D eigenvalue weighted by molar-refractivity contribution is -0.136. The Balaban J connectivity index is 2.12. The first-order valence-electron chi connectivity index (χ1n) is 5.28. The predicted molar refractivity (Wildman–Crippen MR) is 63.5 cm³/mol. The number of amides is 1. The molecule has 7 nitrogen and oxygen atoms in total. The summed E-state index contributed by atoms with van der Waals surface area (Å²) in [4.78, 5) is 38.1. The fraction of sp³-hybridized carbons (Fsp3) is 0.182. The van der Waals surface area contributed by atoms with Crippen LogP contribution in [0.25, 0.3) is 11.0 Å². The molecule has 0 unspecified atom stereocenters. The number of rotatable bonds is 4.